The monoisotopic (exact) mass is 172 g/mol. The zero-order valence-corrected chi connectivity index (χ0v) is 9.56. The number of nitrogens with zero attached hydrogens (tertiary/aromatic N) is 1. The summed E-state index contributed by atoms with van der Waals surface area (Å²) >= 11 is 0. The van der Waals surface area contributed by atoms with E-state index in [0.717, 1.165) is 5.92 Å². The molecule has 0 rings (SSSR count). The third kappa shape index (κ3) is 4.76. The van der Waals surface area contributed by atoms with Gasteiger partial charge in [0.25, 0.3) is 0 Å². The molecule has 1 atom stereocenters. The van der Waals surface area contributed by atoms with Gasteiger partial charge in [-0.25, -0.2) is 0 Å². The molecule has 0 aromatic heterocycles. The first-order valence-electron chi connectivity index (χ1n) is 5.37. The molecule has 0 aliphatic heterocycles. The highest BCUT2D eigenvalue weighted by Gasteiger charge is 2.17. The van der Waals surface area contributed by atoms with Crippen LogP contribution in [-0.4, -0.2) is 31.2 Å². The Kier molecular flexibility index (Phi) is 5.56. The van der Waals surface area contributed by atoms with Gasteiger partial charge in [0.1, 0.15) is 0 Å². The number of rotatable bonds is 6. The van der Waals surface area contributed by atoms with E-state index in [9.17, 15) is 0 Å². The van der Waals surface area contributed by atoms with Gasteiger partial charge in [0, 0.05) is 0 Å². The smallest absolute Gasteiger partial charge is 0.0786 e. The summed E-state index contributed by atoms with van der Waals surface area (Å²) in [5, 5.41) is 0. The Hall–Kier alpha value is -0.0400. The number of quaternary nitrogens is 1. The standard InChI is InChI=1S/C11H26N/c1-6-9-12(5,7-2)10-8-11(3)4/h11H,6-10H2,1-5H3/q+1. The van der Waals surface area contributed by atoms with Crippen LogP contribution in [-0.2, 0) is 0 Å². The van der Waals surface area contributed by atoms with Crippen molar-refractivity contribution in [2.24, 2.45) is 5.92 Å². The summed E-state index contributed by atoms with van der Waals surface area (Å²) in [6, 6.07) is 0. The van der Waals surface area contributed by atoms with Gasteiger partial charge in [-0.05, 0) is 25.7 Å². The first-order valence-corrected chi connectivity index (χ1v) is 5.37. The molecular weight excluding hydrogens is 146 g/mol. The molecule has 0 aromatic carbocycles. The van der Waals surface area contributed by atoms with E-state index in [0.29, 0.717) is 0 Å². The molecule has 0 saturated heterocycles. The van der Waals surface area contributed by atoms with Crippen LogP contribution in [0.2, 0.25) is 0 Å². The molecular formula is C11H26N+. The van der Waals surface area contributed by atoms with Crippen molar-refractivity contribution < 1.29 is 4.48 Å². The van der Waals surface area contributed by atoms with Crippen LogP contribution in [0.3, 0.4) is 0 Å². The fourth-order valence-electron chi connectivity index (χ4n) is 1.54. The van der Waals surface area contributed by atoms with Crippen molar-refractivity contribution in [3.63, 3.8) is 0 Å². The molecule has 0 amide bonds. The van der Waals surface area contributed by atoms with Crippen LogP contribution in [0.4, 0.5) is 0 Å². The molecule has 1 heteroatoms. The van der Waals surface area contributed by atoms with E-state index in [-0.39, 0.29) is 0 Å². The van der Waals surface area contributed by atoms with Crippen molar-refractivity contribution in [2.75, 3.05) is 26.7 Å². The highest BCUT2D eigenvalue weighted by atomic mass is 15.3. The van der Waals surface area contributed by atoms with Crippen LogP contribution in [0, 0.1) is 5.92 Å². The lowest BCUT2D eigenvalue weighted by Crippen LogP contribution is -2.45. The van der Waals surface area contributed by atoms with Crippen LogP contribution in [0.25, 0.3) is 0 Å². The van der Waals surface area contributed by atoms with Crippen LogP contribution < -0.4 is 0 Å². The first kappa shape index (κ1) is 12.0. The van der Waals surface area contributed by atoms with Crippen molar-refractivity contribution in [3.05, 3.63) is 0 Å². The van der Waals surface area contributed by atoms with E-state index in [2.05, 4.69) is 34.7 Å². The van der Waals surface area contributed by atoms with Gasteiger partial charge >= 0.3 is 0 Å². The van der Waals surface area contributed by atoms with Crippen molar-refractivity contribution in [1.82, 2.24) is 0 Å². The highest BCUT2D eigenvalue weighted by Crippen LogP contribution is 2.09. The molecule has 0 fully saturated rings. The topological polar surface area (TPSA) is 0 Å². The average molecular weight is 172 g/mol. The SMILES string of the molecule is CCC[N+](C)(CC)CCC(C)C. The van der Waals surface area contributed by atoms with Gasteiger partial charge in [0.15, 0.2) is 0 Å². The quantitative estimate of drug-likeness (QED) is 0.540. The van der Waals surface area contributed by atoms with Crippen LogP contribution in [0.5, 0.6) is 0 Å². The Morgan fingerprint density at radius 1 is 1.08 bits per heavy atom. The van der Waals surface area contributed by atoms with E-state index < -0.39 is 0 Å². The molecule has 0 aliphatic rings. The average Bonchev–Trinajstić information content (AvgIpc) is 2.02. The molecule has 74 valence electrons. The van der Waals surface area contributed by atoms with Crippen LogP contribution in [0.15, 0.2) is 0 Å². The molecule has 0 spiro atoms. The summed E-state index contributed by atoms with van der Waals surface area (Å²) in [6.45, 7) is 13.2. The minimum absolute atomic E-state index is 0.853. The fourth-order valence-corrected chi connectivity index (χ4v) is 1.54. The minimum atomic E-state index is 0.853. The van der Waals surface area contributed by atoms with Crippen molar-refractivity contribution >= 4 is 0 Å². The van der Waals surface area contributed by atoms with Gasteiger partial charge < -0.3 is 4.48 Å². The van der Waals surface area contributed by atoms with Crippen molar-refractivity contribution in [2.45, 2.75) is 40.5 Å². The molecule has 0 aliphatic carbocycles. The minimum Gasteiger partial charge on any atom is -0.326 e. The zero-order valence-electron chi connectivity index (χ0n) is 9.56. The number of hydrogen-bond acceptors (Lipinski definition) is 0. The lowest BCUT2D eigenvalue weighted by molar-refractivity contribution is -0.908. The van der Waals surface area contributed by atoms with E-state index in [1.807, 2.05) is 0 Å². The third-order valence-corrected chi connectivity index (χ3v) is 2.77. The van der Waals surface area contributed by atoms with Gasteiger partial charge in [-0.15, -0.1) is 0 Å². The summed E-state index contributed by atoms with van der Waals surface area (Å²) in [5.41, 5.74) is 0. The molecule has 1 unspecified atom stereocenters. The summed E-state index contributed by atoms with van der Waals surface area (Å²) in [5.74, 6) is 0.853. The predicted molar refractivity (Wildman–Crippen MR) is 56.2 cm³/mol. The normalized spacial score (nSPS) is 16.5. The van der Waals surface area contributed by atoms with E-state index in [1.54, 1.807) is 0 Å². The lowest BCUT2D eigenvalue weighted by Gasteiger charge is -2.33. The predicted octanol–water partition coefficient (Wildman–Crippen LogP) is 2.91. The van der Waals surface area contributed by atoms with Gasteiger partial charge in [0.2, 0.25) is 0 Å². The van der Waals surface area contributed by atoms with Crippen molar-refractivity contribution in [3.8, 4) is 0 Å². The zero-order chi connectivity index (χ0) is 9.61. The van der Waals surface area contributed by atoms with Gasteiger partial charge in [-0.3, -0.25) is 0 Å². The van der Waals surface area contributed by atoms with Crippen molar-refractivity contribution in [1.29, 1.82) is 0 Å². The van der Waals surface area contributed by atoms with Crippen LogP contribution >= 0.6 is 0 Å². The summed E-state index contributed by atoms with van der Waals surface area (Å²) in [7, 11) is 2.38. The summed E-state index contributed by atoms with van der Waals surface area (Å²) in [4.78, 5) is 0. The Morgan fingerprint density at radius 3 is 2.00 bits per heavy atom. The maximum atomic E-state index is 2.38. The molecule has 0 N–H and O–H groups in total. The third-order valence-electron chi connectivity index (χ3n) is 2.77. The second-order valence-corrected chi connectivity index (χ2v) is 4.57. The Balaban J connectivity index is 3.78. The second-order valence-electron chi connectivity index (χ2n) is 4.57. The van der Waals surface area contributed by atoms with Gasteiger partial charge in [-0.1, -0.05) is 20.8 Å². The Labute approximate surface area is 78.4 Å². The lowest BCUT2D eigenvalue weighted by atomic mass is 10.1. The summed E-state index contributed by atoms with van der Waals surface area (Å²) in [6.07, 6.45) is 2.67. The molecule has 12 heavy (non-hydrogen) atoms. The maximum Gasteiger partial charge on any atom is 0.0786 e. The summed E-state index contributed by atoms with van der Waals surface area (Å²) < 4.78 is 1.26. The Bertz CT molecular complexity index is 110. The van der Waals surface area contributed by atoms with Crippen LogP contribution in [0.1, 0.15) is 40.5 Å². The maximum absolute atomic E-state index is 2.38. The molecule has 1 nitrogen and oxygen atoms in total. The Morgan fingerprint density at radius 2 is 1.67 bits per heavy atom. The molecule has 0 aromatic rings. The van der Waals surface area contributed by atoms with Gasteiger partial charge in [-0.2, -0.15) is 0 Å². The number of hydrogen-bond donors (Lipinski definition) is 0. The molecule has 0 saturated carbocycles. The van der Waals surface area contributed by atoms with Gasteiger partial charge in [0.05, 0.1) is 26.7 Å². The molecule has 0 radical (unpaired) electrons. The van der Waals surface area contributed by atoms with E-state index in [1.165, 1.54) is 37.0 Å². The first-order chi connectivity index (χ1) is 5.54. The fraction of sp³-hybridized carbons (Fsp3) is 1.00. The largest absolute Gasteiger partial charge is 0.326 e. The molecule has 0 bridgehead atoms. The highest BCUT2D eigenvalue weighted by molar-refractivity contribution is 4.45. The van der Waals surface area contributed by atoms with E-state index >= 15 is 0 Å². The van der Waals surface area contributed by atoms with E-state index in [4.69, 9.17) is 0 Å². The molecule has 0 heterocycles. The second kappa shape index (κ2) is 5.58.